The maximum Gasteiger partial charge on any atom is 0.123 e. The van der Waals surface area contributed by atoms with E-state index in [0.717, 1.165) is 9.75 Å². The van der Waals surface area contributed by atoms with Crippen LogP contribution in [0.3, 0.4) is 0 Å². The highest BCUT2D eigenvalue weighted by Gasteiger charge is 2.29. The van der Waals surface area contributed by atoms with Gasteiger partial charge in [0.25, 0.3) is 0 Å². The van der Waals surface area contributed by atoms with Crippen LogP contribution < -0.4 is 0 Å². The van der Waals surface area contributed by atoms with Crippen LogP contribution >= 0.6 is 22.9 Å². The minimum Gasteiger partial charge on any atom is -0.380 e. The quantitative estimate of drug-likeness (QED) is 0.871. The lowest BCUT2D eigenvalue weighted by atomic mass is 9.94. The van der Waals surface area contributed by atoms with Gasteiger partial charge in [-0.25, -0.2) is 4.39 Å². The van der Waals surface area contributed by atoms with E-state index in [4.69, 9.17) is 11.6 Å². The Hall–Kier alpha value is -0.900. The second kappa shape index (κ2) is 4.41. The maximum atomic E-state index is 13.2. The van der Waals surface area contributed by atoms with Crippen molar-refractivity contribution in [1.29, 1.82) is 0 Å². The van der Waals surface area contributed by atoms with E-state index < -0.39 is 11.4 Å². The van der Waals surface area contributed by atoms with Crippen molar-refractivity contribution in [3.05, 3.63) is 56.5 Å². The Kier molecular flexibility index (Phi) is 3.25. The Morgan fingerprint density at radius 3 is 2.59 bits per heavy atom. The van der Waals surface area contributed by atoms with Crippen LogP contribution in [0, 0.1) is 12.7 Å². The molecule has 1 aromatic heterocycles. The lowest BCUT2D eigenvalue weighted by Crippen LogP contribution is -2.22. The molecular formula is C13H12ClFOS. The van der Waals surface area contributed by atoms with Crippen molar-refractivity contribution in [3.63, 3.8) is 0 Å². The molecule has 0 aliphatic rings. The van der Waals surface area contributed by atoms with E-state index in [-0.39, 0.29) is 0 Å². The van der Waals surface area contributed by atoms with Gasteiger partial charge in [-0.1, -0.05) is 11.6 Å². The van der Waals surface area contributed by atoms with Crippen LogP contribution in [0.1, 0.15) is 22.2 Å². The summed E-state index contributed by atoms with van der Waals surface area (Å²) >= 11 is 7.49. The van der Waals surface area contributed by atoms with E-state index >= 15 is 0 Å². The first-order chi connectivity index (χ1) is 7.91. The SMILES string of the molecule is Cc1ccc(C(C)(O)c2cc(F)ccc2Cl)s1. The third-order valence-electron chi connectivity index (χ3n) is 2.67. The van der Waals surface area contributed by atoms with Crippen LogP contribution in [0.15, 0.2) is 30.3 Å². The van der Waals surface area contributed by atoms with Gasteiger partial charge < -0.3 is 5.11 Å². The summed E-state index contributed by atoms with van der Waals surface area (Å²) in [6.45, 7) is 3.58. The highest BCUT2D eigenvalue weighted by molar-refractivity contribution is 7.12. The van der Waals surface area contributed by atoms with Gasteiger partial charge in [-0.05, 0) is 44.2 Å². The minimum absolute atomic E-state index is 0.363. The summed E-state index contributed by atoms with van der Waals surface area (Å²) in [5, 5.41) is 10.9. The zero-order valence-corrected chi connectivity index (χ0v) is 11.1. The third-order valence-corrected chi connectivity index (χ3v) is 4.21. The Labute approximate surface area is 108 Å². The van der Waals surface area contributed by atoms with Crippen LogP contribution in [-0.4, -0.2) is 5.11 Å². The maximum absolute atomic E-state index is 13.2. The average molecular weight is 271 g/mol. The predicted octanol–water partition coefficient (Wildman–Crippen LogP) is 4.10. The lowest BCUT2D eigenvalue weighted by molar-refractivity contribution is 0.106. The molecule has 0 saturated heterocycles. The van der Waals surface area contributed by atoms with Crippen molar-refractivity contribution in [1.82, 2.24) is 0 Å². The molecular weight excluding hydrogens is 259 g/mol. The summed E-state index contributed by atoms with van der Waals surface area (Å²) in [5.41, 5.74) is -0.876. The highest BCUT2D eigenvalue weighted by atomic mass is 35.5. The fourth-order valence-electron chi connectivity index (χ4n) is 1.70. The minimum atomic E-state index is -1.27. The van der Waals surface area contributed by atoms with Crippen molar-refractivity contribution < 1.29 is 9.50 Å². The van der Waals surface area contributed by atoms with Gasteiger partial charge >= 0.3 is 0 Å². The largest absolute Gasteiger partial charge is 0.380 e. The van der Waals surface area contributed by atoms with Crippen molar-refractivity contribution in [2.24, 2.45) is 0 Å². The van der Waals surface area contributed by atoms with Gasteiger partial charge in [0.1, 0.15) is 11.4 Å². The summed E-state index contributed by atoms with van der Waals surface area (Å²) < 4.78 is 13.2. The number of aryl methyl sites for hydroxylation is 1. The number of halogens is 2. The molecule has 1 unspecified atom stereocenters. The molecule has 90 valence electrons. The first-order valence-electron chi connectivity index (χ1n) is 5.16. The zero-order valence-electron chi connectivity index (χ0n) is 9.50. The molecule has 0 spiro atoms. The molecule has 0 radical (unpaired) electrons. The van der Waals surface area contributed by atoms with E-state index in [1.54, 1.807) is 6.92 Å². The van der Waals surface area contributed by atoms with Crippen LogP contribution in [0.2, 0.25) is 5.02 Å². The molecule has 1 heterocycles. The van der Waals surface area contributed by atoms with E-state index in [2.05, 4.69) is 0 Å². The second-order valence-corrected chi connectivity index (χ2v) is 5.80. The average Bonchev–Trinajstić information content (AvgIpc) is 2.69. The Balaban J connectivity index is 2.54. The monoisotopic (exact) mass is 270 g/mol. The molecule has 0 aliphatic carbocycles. The molecule has 0 bridgehead atoms. The molecule has 2 aromatic rings. The van der Waals surface area contributed by atoms with Gasteiger partial charge in [-0.2, -0.15) is 0 Å². The van der Waals surface area contributed by atoms with E-state index in [9.17, 15) is 9.50 Å². The molecule has 0 amide bonds. The van der Waals surface area contributed by atoms with Crippen LogP contribution in [0.5, 0.6) is 0 Å². The van der Waals surface area contributed by atoms with Gasteiger partial charge in [0.2, 0.25) is 0 Å². The van der Waals surface area contributed by atoms with Gasteiger partial charge in [0, 0.05) is 20.3 Å². The summed E-state index contributed by atoms with van der Waals surface area (Å²) in [6.07, 6.45) is 0. The number of rotatable bonds is 2. The Bertz CT molecular complexity index is 548. The molecule has 0 fully saturated rings. The van der Waals surface area contributed by atoms with E-state index in [0.29, 0.717) is 10.6 Å². The first kappa shape index (κ1) is 12.6. The van der Waals surface area contributed by atoms with Crippen LogP contribution in [0.25, 0.3) is 0 Å². The van der Waals surface area contributed by atoms with Crippen molar-refractivity contribution in [2.45, 2.75) is 19.4 Å². The molecule has 1 N–H and O–H groups in total. The first-order valence-corrected chi connectivity index (χ1v) is 6.35. The Morgan fingerprint density at radius 1 is 1.29 bits per heavy atom. The summed E-state index contributed by atoms with van der Waals surface area (Å²) in [7, 11) is 0. The molecule has 1 nitrogen and oxygen atoms in total. The summed E-state index contributed by atoms with van der Waals surface area (Å²) in [4.78, 5) is 1.84. The number of benzene rings is 1. The number of thiophene rings is 1. The lowest BCUT2D eigenvalue weighted by Gasteiger charge is -2.23. The van der Waals surface area contributed by atoms with Crippen molar-refractivity contribution in [3.8, 4) is 0 Å². The highest BCUT2D eigenvalue weighted by Crippen LogP contribution is 2.37. The van der Waals surface area contributed by atoms with Gasteiger partial charge in [0.05, 0.1) is 0 Å². The molecule has 1 atom stereocenters. The van der Waals surface area contributed by atoms with Crippen molar-refractivity contribution in [2.75, 3.05) is 0 Å². The summed E-state index contributed by atoms with van der Waals surface area (Å²) in [5.74, 6) is -0.405. The molecule has 0 saturated carbocycles. The molecule has 4 heteroatoms. The standard InChI is InChI=1S/C13H12ClFOS/c1-8-3-6-12(17-8)13(2,16)10-7-9(15)4-5-11(10)14/h3-7,16H,1-2H3. The second-order valence-electron chi connectivity index (χ2n) is 4.11. The van der Waals surface area contributed by atoms with Gasteiger partial charge in [-0.15, -0.1) is 11.3 Å². The third kappa shape index (κ3) is 2.37. The Morgan fingerprint density at radius 2 is 2.00 bits per heavy atom. The fraction of sp³-hybridized carbons (Fsp3) is 0.231. The number of aliphatic hydroxyl groups is 1. The number of hydrogen-bond acceptors (Lipinski definition) is 2. The van der Waals surface area contributed by atoms with Gasteiger partial charge in [-0.3, -0.25) is 0 Å². The van der Waals surface area contributed by atoms with Gasteiger partial charge in [0.15, 0.2) is 0 Å². The van der Waals surface area contributed by atoms with Crippen LogP contribution in [-0.2, 0) is 5.60 Å². The predicted molar refractivity (Wildman–Crippen MR) is 69.1 cm³/mol. The normalized spacial score (nSPS) is 14.6. The molecule has 0 aliphatic heterocycles. The summed E-state index contributed by atoms with van der Waals surface area (Å²) in [6, 6.07) is 7.77. The van der Waals surface area contributed by atoms with E-state index in [1.807, 2.05) is 19.1 Å². The fourth-order valence-corrected chi connectivity index (χ4v) is 2.93. The number of hydrogen-bond donors (Lipinski definition) is 1. The molecule has 2 rings (SSSR count). The van der Waals surface area contributed by atoms with Crippen LogP contribution in [0.4, 0.5) is 4.39 Å². The zero-order chi connectivity index (χ0) is 12.6. The van der Waals surface area contributed by atoms with E-state index in [1.165, 1.54) is 29.5 Å². The molecule has 1 aromatic carbocycles. The van der Waals surface area contributed by atoms with Crippen molar-refractivity contribution >= 4 is 22.9 Å². The molecule has 17 heavy (non-hydrogen) atoms. The topological polar surface area (TPSA) is 20.2 Å². The smallest absolute Gasteiger partial charge is 0.123 e.